The van der Waals surface area contributed by atoms with Gasteiger partial charge in [0, 0.05) is 29.8 Å². The van der Waals surface area contributed by atoms with Gasteiger partial charge in [-0.3, -0.25) is 5.32 Å². The van der Waals surface area contributed by atoms with Crippen LogP contribution in [0.1, 0.15) is 40.0 Å². The molecule has 2 aliphatic heterocycles. The number of alkyl halides is 1. The molecule has 0 aromatic heterocycles. The van der Waals surface area contributed by atoms with Gasteiger partial charge in [-0.25, -0.2) is 4.39 Å². The first-order valence-electron chi connectivity index (χ1n) is 8.76. The molecule has 0 aromatic rings. The number of nitriles is 1. The van der Waals surface area contributed by atoms with E-state index in [9.17, 15) is 4.39 Å². The van der Waals surface area contributed by atoms with Crippen LogP contribution in [0.3, 0.4) is 0 Å². The second kappa shape index (κ2) is 6.87. The summed E-state index contributed by atoms with van der Waals surface area (Å²) in [5, 5.41) is 12.4. The Morgan fingerprint density at radius 1 is 1.43 bits per heavy atom. The van der Waals surface area contributed by atoms with Gasteiger partial charge >= 0.3 is 0 Å². The van der Waals surface area contributed by atoms with Gasteiger partial charge in [-0.15, -0.1) is 11.8 Å². The van der Waals surface area contributed by atoms with E-state index < -0.39 is 6.17 Å². The average molecular weight is 341 g/mol. The molecule has 6 atom stereocenters. The van der Waals surface area contributed by atoms with Crippen LogP contribution < -0.4 is 5.32 Å². The molecule has 6 heteroatoms. The van der Waals surface area contributed by atoms with Crippen molar-refractivity contribution < 1.29 is 9.13 Å². The van der Waals surface area contributed by atoms with E-state index in [2.05, 4.69) is 37.1 Å². The molecule has 130 valence electrons. The zero-order valence-corrected chi connectivity index (χ0v) is 15.1. The van der Waals surface area contributed by atoms with E-state index in [-0.39, 0.29) is 34.3 Å². The highest BCUT2D eigenvalue weighted by Gasteiger charge is 2.46. The van der Waals surface area contributed by atoms with E-state index in [0.29, 0.717) is 12.8 Å². The number of rotatable bonds is 3. The molecule has 0 spiro atoms. The van der Waals surface area contributed by atoms with Crippen LogP contribution in [0, 0.1) is 16.7 Å². The highest BCUT2D eigenvalue weighted by atomic mass is 32.2. The monoisotopic (exact) mass is 341 g/mol. The Morgan fingerprint density at radius 3 is 2.87 bits per heavy atom. The van der Waals surface area contributed by atoms with Crippen LogP contribution in [0.2, 0.25) is 0 Å². The molecule has 23 heavy (non-hydrogen) atoms. The van der Waals surface area contributed by atoms with Crippen LogP contribution in [0.5, 0.6) is 0 Å². The summed E-state index contributed by atoms with van der Waals surface area (Å²) in [7, 11) is 0. The van der Waals surface area contributed by atoms with Gasteiger partial charge in [-0.2, -0.15) is 5.26 Å². The molecule has 2 heterocycles. The standard InChI is InChI=1S/C17H28FN3OS/c1-4-21-6-5-15(17(2,3)10-21)22-13-8-12-14(7-11(13)18)23-16(9-19)20-12/h11-16,20H,4-8,10H2,1-3H3. The van der Waals surface area contributed by atoms with Gasteiger partial charge in [-0.05, 0) is 25.8 Å². The summed E-state index contributed by atoms with van der Waals surface area (Å²) in [6, 6.07) is 2.45. The molecule has 1 N–H and O–H groups in total. The van der Waals surface area contributed by atoms with Gasteiger partial charge < -0.3 is 9.64 Å². The molecule has 1 aliphatic carbocycles. The lowest BCUT2D eigenvalue weighted by atomic mass is 9.80. The fourth-order valence-corrected chi connectivity index (χ4v) is 5.55. The van der Waals surface area contributed by atoms with Crippen molar-refractivity contribution in [1.82, 2.24) is 10.2 Å². The number of hydrogen-bond donors (Lipinski definition) is 1. The minimum atomic E-state index is -0.914. The Labute approximate surface area is 143 Å². The fraction of sp³-hybridized carbons (Fsp3) is 0.941. The lowest BCUT2D eigenvalue weighted by Crippen LogP contribution is -2.53. The zero-order valence-electron chi connectivity index (χ0n) is 14.3. The minimum Gasteiger partial charge on any atom is -0.371 e. The number of ether oxygens (including phenoxy) is 1. The lowest BCUT2D eigenvalue weighted by Gasteiger charge is -2.46. The van der Waals surface area contributed by atoms with Gasteiger partial charge in [-0.1, -0.05) is 20.8 Å². The molecule has 0 aromatic carbocycles. The molecule has 1 saturated carbocycles. The first-order chi connectivity index (χ1) is 10.9. The van der Waals surface area contributed by atoms with Crippen molar-refractivity contribution in [2.45, 2.75) is 75.1 Å². The Hall–Kier alpha value is -0.350. The molecule has 6 unspecified atom stereocenters. The quantitative estimate of drug-likeness (QED) is 0.855. The Morgan fingerprint density at radius 2 is 2.22 bits per heavy atom. The second-order valence-electron chi connectivity index (χ2n) is 7.75. The topological polar surface area (TPSA) is 48.3 Å². The molecular weight excluding hydrogens is 313 g/mol. The number of halogens is 1. The largest absolute Gasteiger partial charge is 0.371 e. The van der Waals surface area contributed by atoms with Crippen LogP contribution in [-0.4, -0.2) is 59.6 Å². The van der Waals surface area contributed by atoms with Gasteiger partial charge in [0.2, 0.25) is 0 Å². The van der Waals surface area contributed by atoms with Crippen molar-refractivity contribution >= 4 is 11.8 Å². The summed E-state index contributed by atoms with van der Waals surface area (Å²) in [4.78, 5) is 2.44. The predicted octanol–water partition coefficient (Wildman–Crippen LogP) is 2.55. The number of hydrogen-bond acceptors (Lipinski definition) is 5. The van der Waals surface area contributed by atoms with Crippen LogP contribution in [0.15, 0.2) is 0 Å². The highest BCUT2D eigenvalue weighted by Crippen LogP contribution is 2.41. The molecule has 3 aliphatic rings. The number of likely N-dealkylation sites (tertiary alicyclic amines) is 1. The fourth-order valence-electron chi connectivity index (χ4n) is 4.21. The Kier molecular flexibility index (Phi) is 5.22. The van der Waals surface area contributed by atoms with Gasteiger partial charge in [0.05, 0.1) is 18.3 Å². The summed E-state index contributed by atoms with van der Waals surface area (Å²) < 4.78 is 20.9. The first-order valence-corrected chi connectivity index (χ1v) is 9.70. The maximum atomic E-state index is 14.6. The lowest BCUT2D eigenvalue weighted by molar-refractivity contribution is -0.136. The van der Waals surface area contributed by atoms with Gasteiger partial charge in [0.1, 0.15) is 11.5 Å². The van der Waals surface area contributed by atoms with Crippen LogP contribution >= 0.6 is 11.8 Å². The van der Waals surface area contributed by atoms with E-state index in [4.69, 9.17) is 10.00 Å². The summed E-state index contributed by atoms with van der Waals surface area (Å²) in [6.45, 7) is 9.75. The van der Waals surface area contributed by atoms with Crippen molar-refractivity contribution in [2.75, 3.05) is 19.6 Å². The van der Waals surface area contributed by atoms with Crippen LogP contribution in [0.25, 0.3) is 0 Å². The van der Waals surface area contributed by atoms with Crippen molar-refractivity contribution in [2.24, 2.45) is 5.41 Å². The van der Waals surface area contributed by atoms with E-state index in [1.165, 1.54) is 0 Å². The first kappa shape index (κ1) is 17.5. The number of thioether (sulfide) groups is 1. The molecule has 0 amide bonds. The van der Waals surface area contributed by atoms with Crippen LogP contribution in [-0.2, 0) is 4.74 Å². The number of piperidine rings is 1. The predicted molar refractivity (Wildman–Crippen MR) is 91.0 cm³/mol. The maximum Gasteiger partial charge on any atom is 0.143 e. The third-order valence-corrected chi connectivity index (χ3v) is 6.97. The average Bonchev–Trinajstić information content (AvgIpc) is 2.90. The van der Waals surface area contributed by atoms with E-state index >= 15 is 0 Å². The number of fused-ring (bicyclic) bond motifs is 1. The van der Waals surface area contributed by atoms with Crippen molar-refractivity contribution in [1.29, 1.82) is 5.26 Å². The number of nitrogens with zero attached hydrogens (tertiary/aromatic N) is 2. The molecular formula is C17H28FN3OS. The highest BCUT2D eigenvalue weighted by molar-refractivity contribution is 8.01. The third-order valence-electron chi connectivity index (χ3n) is 5.59. The minimum absolute atomic E-state index is 0.0534. The molecule has 0 bridgehead atoms. The van der Waals surface area contributed by atoms with Crippen molar-refractivity contribution in [3.63, 3.8) is 0 Å². The molecule has 3 rings (SSSR count). The molecule has 0 radical (unpaired) electrons. The van der Waals surface area contributed by atoms with Crippen molar-refractivity contribution in [3.05, 3.63) is 0 Å². The van der Waals surface area contributed by atoms with E-state index in [1.54, 1.807) is 11.8 Å². The molecule has 3 fully saturated rings. The number of nitrogens with one attached hydrogen (secondary N) is 1. The van der Waals surface area contributed by atoms with Crippen LogP contribution in [0.4, 0.5) is 4.39 Å². The summed E-state index contributed by atoms with van der Waals surface area (Å²) in [5.41, 5.74) is 0.0534. The normalized spacial score (nSPS) is 43.8. The summed E-state index contributed by atoms with van der Waals surface area (Å²) in [5.74, 6) is 0. The SMILES string of the molecule is CCN1CCC(OC2CC3NC(C#N)SC3CC2F)C(C)(C)C1. The smallest absolute Gasteiger partial charge is 0.143 e. The maximum absolute atomic E-state index is 14.6. The van der Waals surface area contributed by atoms with Gasteiger partial charge in [0.15, 0.2) is 0 Å². The zero-order chi connectivity index (χ0) is 16.6. The summed E-state index contributed by atoms with van der Waals surface area (Å²) in [6.07, 6.45) is 1.02. The molecule has 2 saturated heterocycles. The third kappa shape index (κ3) is 3.68. The molecule has 4 nitrogen and oxygen atoms in total. The second-order valence-corrected chi connectivity index (χ2v) is 9.10. The Bertz CT molecular complexity index is 469. The van der Waals surface area contributed by atoms with Gasteiger partial charge in [0.25, 0.3) is 0 Å². The van der Waals surface area contributed by atoms with E-state index in [1.807, 2.05) is 0 Å². The summed E-state index contributed by atoms with van der Waals surface area (Å²) >= 11 is 1.58. The Balaban J connectivity index is 1.61. The van der Waals surface area contributed by atoms with Crippen molar-refractivity contribution in [3.8, 4) is 6.07 Å². The van der Waals surface area contributed by atoms with E-state index in [0.717, 1.165) is 26.1 Å².